The lowest BCUT2D eigenvalue weighted by Gasteiger charge is -2.40. The van der Waals surface area contributed by atoms with Gasteiger partial charge < -0.3 is 9.47 Å². The van der Waals surface area contributed by atoms with Gasteiger partial charge in [-0.3, -0.25) is 9.58 Å². The summed E-state index contributed by atoms with van der Waals surface area (Å²) < 4.78 is 49.9. The minimum absolute atomic E-state index is 0.0526. The van der Waals surface area contributed by atoms with Crippen LogP contribution in [0.4, 0.5) is 13.2 Å². The summed E-state index contributed by atoms with van der Waals surface area (Å²) in [7, 11) is 1.28. The van der Waals surface area contributed by atoms with Crippen molar-refractivity contribution < 1.29 is 22.6 Å². The molecule has 0 aromatic carbocycles. The molecule has 3 rings (SSSR count). The smallest absolute Gasteiger partial charge is 0.433 e. The van der Waals surface area contributed by atoms with Gasteiger partial charge in [0.15, 0.2) is 0 Å². The fraction of sp³-hybridized carbons (Fsp3) is 0.800. The topological polar surface area (TPSA) is 39.5 Å². The van der Waals surface area contributed by atoms with Crippen molar-refractivity contribution in [3.05, 3.63) is 11.8 Å². The maximum absolute atomic E-state index is 12.7. The summed E-state index contributed by atoms with van der Waals surface area (Å²) in [4.78, 5) is 2.39. The highest BCUT2D eigenvalue weighted by Crippen LogP contribution is 2.36. The number of rotatable bonds is 5. The molecule has 1 aliphatic heterocycles. The summed E-state index contributed by atoms with van der Waals surface area (Å²) in [5.74, 6) is 1.00. The van der Waals surface area contributed by atoms with Gasteiger partial charge >= 0.3 is 6.18 Å². The van der Waals surface area contributed by atoms with Gasteiger partial charge in [0, 0.05) is 32.7 Å². The van der Waals surface area contributed by atoms with Gasteiger partial charge in [-0.2, -0.15) is 13.2 Å². The van der Waals surface area contributed by atoms with Crippen molar-refractivity contribution in [2.24, 2.45) is 18.9 Å². The second-order valence-electron chi connectivity index (χ2n) is 6.31. The molecule has 0 unspecified atom stereocenters. The SMILES string of the molecule is Cn1nc(OC[C@@H]2CC[C@@H]2CN2CCOCC2)cc1C(F)(F)F. The second kappa shape index (κ2) is 6.68. The van der Waals surface area contributed by atoms with Crippen LogP contribution in [0.2, 0.25) is 0 Å². The van der Waals surface area contributed by atoms with Crippen LogP contribution in [0.5, 0.6) is 5.88 Å². The van der Waals surface area contributed by atoms with E-state index in [1.165, 1.54) is 7.05 Å². The summed E-state index contributed by atoms with van der Waals surface area (Å²) in [5, 5.41) is 3.80. The Balaban J connectivity index is 1.48. The Bertz CT molecular complexity index is 527. The first-order valence-electron chi connectivity index (χ1n) is 7.97. The van der Waals surface area contributed by atoms with E-state index in [1.807, 2.05) is 0 Å². The highest BCUT2D eigenvalue weighted by molar-refractivity contribution is 5.18. The van der Waals surface area contributed by atoms with Gasteiger partial charge in [-0.05, 0) is 24.7 Å². The van der Waals surface area contributed by atoms with Gasteiger partial charge in [-0.15, -0.1) is 5.10 Å². The average molecular weight is 333 g/mol. The fourth-order valence-electron chi connectivity index (χ4n) is 3.18. The maximum Gasteiger partial charge on any atom is 0.433 e. The molecule has 1 aliphatic carbocycles. The molecule has 0 spiro atoms. The Morgan fingerprint density at radius 1 is 1.26 bits per heavy atom. The van der Waals surface area contributed by atoms with Crippen molar-refractivity contribution in [1.82, 2.24) is 14.7 Å². The van der Waals surface area contributed by atoms with Crippen molar-refractivity contribution in [2.75, 3.05) is 39.5 Å². The van der Waals surface area contributed by atoms with E-state index in [0.29, 0.717) is 18.4 Å². The Hall–Kier alpha value is -1.28. The van der Waals surface area contributed by atoms with Gasteiger partial charge in [0.2, 0.25) is 5.88 Å². The van der Waals surface area contributed by atoms with E-state index < -0.39 is 11.9 Å². The molecule has 2 heterocycles. The second-order valence-corrected chi connectivity index (χ2v) is 6.31. The van der Waals surface area contributed by atoms with Crippen molar-refractivity contribution in [2.45, 2.75) is 19.0 Å². The number of hydrogen-bond donors (Lipinski definition) is 0. The van der Waals surface area contributed by atoms with Crippen LogP contribution in [0.1, 0.15) is 18.5 Å². The average Bonchev–Trinajstić information content (AvgIpc) is 2.86. The summed E-state index contributed by atoms with van der Waals surface area (Å²) in [5.41, 5.74) is -0.786. The molecular formula is C15H22F3N3O2. The zero-order valence-electron chi connectivity index (χ0n) is 13.2. The highest BCUT2D eigenvalue weighted by atomic mass is 19.4. The predicted molar refractivity (Wildman–Crippen MR) is 77.2 cm³/mol. The van der Waals surface area contributed by atoms with Crippen LogP contribution in [-0.4, -0.2) is 54.1 Å². The molecule has 2 fully saturated rings. The van der Waals surface area contributed by atoms with E-state index in [9.17, 15) is 13.2 Å². The Morgan fingerprint density at radius 3 is 2.52 bits per heavy atom. The predicted octanol–water partition coefficient (Wildman–Crippen LogP) is 2.18. The van der Waals surface area contributed by atoms with Gasteiger partial charge in [-0.25, -0.2) is 0 Å². The van der Waals surface area contributed by atoms with Crippen molar-refractivity contribution in [3.63, 3.8) is 0 Å². The molecule has 23 heavy (non-hydrogen) atoms. The molecule has 1 aromatic rings. The first-order chi connectivity index (χ1) is 10.9. The molecule has 2 atom stereocenters. The summed E-state index contributed by atoms with van der Waals surface area (Å²) in [6, 6.07) is 0.968. The third-order valence-electron chi connectivity index (χ3n) is 4.76. The molecule has 0 bridgehead atoms. The first kappa shape index (κ1) is 16.6. The van der Waals surface area contributed by atoms with Gasteiger partial charge in [0.25, 0.3) is 0 Å². The Morgan fingerprint density at radius 2 is 1.96 bits per heavy atom. The number of nitrogens with zero attached hydrogens (tertiary/aromatic N) is 3. The molecule has 0 amide bonds. The van der Waals surface area contributed by atoms with E-state index in [0.717, 1.165) is 56.4 Å². The van der Waals surface area contributed by atoms with E-state index in [1.54, 1.807) is 0 Å². The van der Waals surface area contributed by atoms with E-state index in [-0.39, 0.29) is 5.88 Å². The van der Waals surface area contributed by atoms with Crippen LogP contribution >= 0.6 is 0 Å². The van der Waals surface area contributed by atoms with E-state index in [4.69, 9.17) is 9.47 Å². The normalized spacial score (nSPS) is 26.1. The number of hydrogen-bond acceptors (Lipinski definition) is 4. The van der Waals surface area contributed by atoms with Gasteiger partial charge in [0.1, 0.15) is 5.69 Å². The molecule has 5 nitrogen and oxygen atoms in total. The number of alkyl halides is 3. The van der Waals surface area contributed by atoms with E-state index >= 15 is 0 Å². The van der Waals surface area contributed by atoms with Gasteiger partial charge in [-0.1, -0.05) is 0 Å². The lowest BCUT2D eigenvalue weighted by atomic mass is 9.74. The molecule has 0 N–H and O–H groups in total. The minimum Gasteiger partial charge on any atom is -0.476 e. The standard InChI is InChI=1S/C15H22F3N3O2/c1-20-13(15(16,17)18)8-14(19-20)23-10-12-3-2-11(12)9-21-4-6-22-7-5-21/h8,11-12H,2-7,9-10H2,1H3/t11-,12+/m1/s1. The van der Waals surface area contributed by atoms with Crippen LogP contribution in [0.25, 0.3) is 0 Å². The van der Waals surface area contributed by atoms with Crippen LogP contribution in [0, 0.1) is 11.8 Å². The zero-order valence-corrected chi connectivity index (χ0v) is 13.2. The van der Waals surface area contributed by atoms with Gasteiger partial charge in [0.05, 0.1) is 19.8 Å². The maximum atomic E-state index is 12.7. The molecule has 1 aromatic heterocycles. The van der Waals surface area contributed by atoms with E-state index in [2.05, 4.69) is 10.00 Å². The number of morpholine rings is 1. The number of aromatic nitrogens is 2. The van der Waals surface area contributed by atoms with Crippen molar-refractivity contribution in [1.29, 1.82) is 0 Å². The van der Waals surface area contributed by atoms with Crippen LogP contribution < -0.4 is 4.74 Å². The summed E-state index contributed by atoms with van der Waals surface area (Å²) >= 11 is 0. The number of halogens is 3. The van der Waals surface area contributed by atoms with Crippen LogP contribution in [0.15, 0.2) is 6.07 Å². The molecule has 8 heteroatoms. The lowest BCUT2D eigenvalue weighted by Crippen LogP contribution is -2.44. The number of aryl methyl sites for hydroxylation is 1. The van der Waals surface area contributed by atoms with Crippen LogP contribution in [-0.2, 0) is 18.0 Å². The molecule has 1 saturated carbocycles. The lowest BCUT2D eigenvalue weighted by molar-refractivity contribution is -0.143. The molecule has 0 radical (unpaired) electrons. The van der Waals surface area contributed by atoms with Crippen LogP contribution in [0.3, 0.4) is 0 Å². The zero-order chi connectivity index (χ0) is 16.4. The first-order valence-corrected chi connectivity index (χ1v) is 7.97. The van der Waals surface area contributed by atoms with Crippen molar-refractivity contribution in [3.8, 4) is 5.88 Å². The largest absolute Gasteiger partial charge is 0.476 e. The minimum atomic E-state index is -4.40. The molecule has 2 aliphatic rings. The monoisotopic (exact) mass is 333 g/mol. The third-order valence-corrected chi connectivity index (χ3v) is 4.76. The number of ether oxygens (including phenoxy) is 2. The van der Waals surface area contributed by atoms with Crippen molar-refractivity contribution >= 4 is 0 Å². The highest BCUT2D eigenvalue weighted by Gasteiger charge is 2.36. The fourth-order valence-corrected chi connectivity index (χ4v) is 3.18. The Labute approximate surface area is 133 Å². The molecule has 130 valence electrons. The Kier molecular flexibility index (Phi) is 4.82. The summed E-state index contributed by atoms with van der Waals surface area (Å²) in [6.45, 7) is 4.93. The summed E-state index contributed by atoms with van der Waals surface area (Å²) in [6.07, 6.45) is -2.19. The molecule has 1 saturated heterocycles. The third kappa shape index (κ3) is 3.98. The molecular weight excluding hydrogens is 311 g/mol. The quantitative estimate of drug-likeness (QED) is 0.828.